The van der Waals surface area contributed by atoms with Gasteiger partial charge >= 0.3 is 0 Å². The van der Waals surface area contributed by atoms with Gasteiger partial charge in [0.2, 0.25) is 0 Å². The maximum atomic E-state index is 13.2. The second kappa shape index (κ2) is 6.15. The highest BCUT2D eigenvalue weighted by Gasteiger charge is 2.12. The summed E-state index contributed by atoms with van der Waals surface area (Å²) in [5.74, 6) is 5.16. The van der Waals surface area contributed by atoms with E-state index in [0.29, 0.717) is 0 Å². The van der Waals surface area contributed by atoms with Crippen LogP contribution in [0.5, 0.6) is 0 Å². The van der Waals surface area contributed by atoms with E-state index in [9.17, 15) is 4.39 Å². The normalized spacial score (nSPS) is 12.4. The van der Waals surface area contributed by atoms with Crippen LogP contribution in [0.1, 0.15) is 22.7 Å². The Morgan fingerprint density at radius 3 is 2.47 bits per heavy atom. The largest absolute Gasteiger partial charge is 0.271 e. The van der Waals surface area contributed by atoms with E-state index in [2.05, 4.69) is 29.7 Å². The van der Waals surface area contributed by atoms with E-state index in [1.165, 1.54) is 11.6 Å². The molecule has 0 aromatic heterocycles. The number of nitrogens with two attached hydrogens (primary N) is 1. The minimum Gasteiger partial charge on any atom is -0.271 e. The van der Waals surface area contributed by atoms with Crippen molar-refractivity contribution in [1.29, 1.82) is 0 Å². The van der Waals surface area contributed by atoms with E-state index in [-0.39, 0.29) is 11.1 Å². The third kappa shape index (κ3) is 3.53. The second-order valence-electron chi connectivity index (χ2n) is 4.58. The van der Waals surface area contributed by atoms with Crippen molar-refractivity contribution in [3.63, 3.8) is 0 Å². The summed E-state index contributed by atoms with van der Waals surface area (Å²) in [6.07, 6.45) is 0.721. The van der Waals surface area contributed by atoms with E-state index >= 15 is 0 Å². The van der Waals surface area contributed by atoms with E-state index in [4.69, 9.17) is 17.4 Å². The lowest BCUT2D eigenvalue weighted by atomic mass is 9.99. The SMILES string of the molecule is Cc1ccc(CC(NN)c2ccc(F)c(Cl)c2)cc1. The van der Waals surface area contributed by atoms with Gasteiger partial charge in [0.15, 0.2) is 0 Å². The van der Waals surface area contributed by atoms with Gasteiger partial charge in [-0.05, 0) is 36.6 Å². The first kappa shape index (κ1) is 14.0. The van der Waals surface area contributed by atoms with Gasteiger partial charge in [-0.3, -0.25) is 11.3 Å². The van der Waals surface area contributed by atoms with Gasteiger partial charge in [0.1, 0.15) is 5.82 Å². The molecule has 19 heavy (non-hydrogen) atoms. The first-order valence-electron chi connectivity index (χ1n) is 6.07. The van der Waals surface area contributed by atoms with Crippen molar-refractivity contribution in [2.24, 2.45) is 5.84 Å². The Bertz CT molecular complexity index is 555. The van der Waals surface area contributed by atoms with Crippen LogP contribution in [0.4, 0.5) is 4.39 Å². The average Bonchev–Trinajstić information content (AvgIpc) is 2.41. The average molecular weight is 279 g/mol. The van der Waals surface area contributed by atoms with Crippen LogP contribution in [0.15, 0.2) is 42.5 Å². The van der Waals surface area contributed by atoms with Gasteiger partial charge in [-0.2, -0.15) is 0 Å². The fourth-order valence-electron chi connectivity index (χ4n) is 1.96. The molecule has 0 bridgehead atoms. The molecule has 0 aliphatic heterocycles. The number of nitrogens with one attached hydrogen (secondary N) is 1. The van der Waals surface area contributed by atoms with Crippen molar-refractivity contribution in [3.8, 4) is 0 Å². The van der Waals surface area contributed by atoms with Crippen LogP contribution >= 0.6 is 11.6 Å². The van der Waals surface area contributed by atoms with E-state index < -0.39 is 5.82 Å². The van der Waals surface area contributed by atoms with Crippen LogP contribution in [-0.2, 0) is 6.42 Å². The minimum absolute atomic E-state index is 0.0965. The summed E-state index contributed by atoms with van der Waals surface area (Å²) < 4.78 is 13.2. The third-order valence-electron chi connectivity index (χ3n) is 3.11. The van der Waals surface area contributed by atoms with Crippen molar-refractivity contribution < 1.29 is 4.39 Å². The van der Waals surface area contributed by atoms with Gasteiger partial charge in [0.25, 0.3) is 0 Å². The molecule has 0 saturated heterocycles. The lowest BCUT2D eigenvalue weighted by molar-refractivity contribution is 0.549. The van der Waals surface area contributed by atoms with Crippen LogP contribution in [0.3, 0.4) is 0 Å². The lowest BCUT2D eigenvalue weighted by Gasteiger charge is -2.17. The molecule has 0 amide bonds. The van der Waals surface area contributed by atoms with Gasteiger partial charge in [0, 0.05) is 0 Å². The molecule has 0 fully saturated rings. The molecule has 0 radical (unpaired) electrons. The molecule has 2 rings (SSSR count). The van der Waals surface area contributed by atoms with Crippen LogP contribution in [0, 0.1) is 12.7 Å². The Kier molecular flexibility index (Phi) is 4.53. The standard InChI is InChI=1S/C15H16ClFN2/c1-10-2-4-11(5-3-10)8-15(19-18)12-6-7-14(17)13(16)9-12/h2-7,9,15,19H,8,18H2,1H3. The van der Waals surface area contributed by atoms with Crippen molar-refractivity contribution >= 4 is 11.6 Å². The Labute approximate surface area is 117 Å². The highest BCUT2D eigenvalue weighted by Crippen LogP contribution is 2.23. The molecule has 0 aliphatic carbocycles. The topological polar surface area (TPSA) is 38.0 Å². The van der Waals surface area contributed by atoms with E-state index in [1.807, 2.05) is 6.92 Å². The minimum atomic E-state index is -0.420. The van der Waals surface area contributed by atoms with Crippen molar-refractivity contribution in [2.75, 3.05) is 0 Å². The highest BCUT2D eigenvalue weighted by atomic mass is 35.5. The summed E-state index contributed by atoms with van der Waals surface area (Å²) in [5.41, 5.74) is 5.99. The predicted molar refractivity (Wildman–Crippen MR) is 76.4 cm³/mol. The Morgan fingerprint density at radius 1 is 1.21 bits per heavy atom. The second-order valence-corrected chi connectivity index (χ2v) is 4.99. The number of rotatable bonds is 4. The van der Waals surface area contributed by atoms with Crippen LogP contribution in [0.25, 0.3) is 0 Å². The van der Waals surface area contributed by atoms with Gasteiger partial charge in [0.05, 0.1) is 11.1 Å². The third-order valence-corrected chi connectivity index (χ3v) is 3.40. The smallest absolute Gasteiger partial charge is 0.141 e. The molecular weight excluding hydrogens is 263 g/mol. The zero-order chi connectivity index (χ0) is 13.8. The Balaban J connectivity index is 2.19. The molecule has 0 aliphatic rings. The van der Waals surface area contributed by atoms with Gasteiger partial charge in [-0.25, -0.2) is 4.39 Å². The molecule has 2 nitrogen and oxygen atoms in total. The van der Waals surface area contributed by atoms with E-state index in [0.717, 1.165) is 17.5 Å². The molecule has 3 N–H and O–H groups in total. The fraction of sp³-hybridized carbons (Fsp3) is 0.200. The van der Waals surface area contributed by atoms with Crippen LogP contribution < -0.4 is 11.3 Å². The number of hydrogen-bond donors (Lipinski definition) is 2. The number of hydrogen-bond acceptors (Lipinski definition) is 2. The molecule has 0 heterocycles. The first-order valence-corrected chi connectivity index (χ1v) is 6.44. The molecule has 1 atom stereocenters. The Hall–Kier alpha value is -1.42. The van der Waals surface area contributed by atoms with Gasteiger partial charge in [-0.15, -0.1) is 0 Å². The van der Waals surface area contributed by atoms with E-state index in [1.54, 1.807) is 12.1 Å². The highest BCUT2D eigenvalue weighted by molar-refractivity contribution is 6.30. The van der Waals surface area contributed by atoms with Gasteiger partial charge in [-0.1, -0.05) is 47.5 Å². The molecule has 0 saturated carbocycles. The fourth-order valence-corrected chi connectivity index (χ4v) is 2.15. The molecule has 100 valence electrons. The summed E-state index contributed by atoms with van der Waals surface area (Å²) in [6.45, 7) is 2.04. The summed E-state index contributed by atoms with van der Waals surface area (Å²) in [6, 6.07) is 12.8. The molecule has 0 spiro atoms. The molecular formula is C15H16ClFN2. The summed E-state index contributed by atoms with van der Waals surface area (Å²) in [7, 11) is 0. The summed E-state index contributed by atoms with van der Waals surface area (Å²) >= 11 is 5.80. The Morgan fingerprint density at radius 2 is 1.89 bits per heavy atom. The molecule has 2 aromatic carbocycles. The monoisotopic (exact) mass is 278 g/mol. The quantitative estimate of drug-likeness (QED) is 0.663. The maximum Gasteiger partial charge on any atom is 0.141 e. The maximum absolute atomic E-state index is 13.2. The molecule has 4 heteroatoms. The van der Waals surface area contributed by atoms with Crippen LogP contribution in [-0.4, -0.2) is 0 Å². The van der Waals surface area contributed by atoms with Crippen molar-refractivity contribution in [2.45, 2.75) is 19.4 Å². The lowest BCUT2D eigenvalue weighted by Crippen LogP contribution is -2.29. The zero-order valence-corrected chi connectivity index (χ0v) is 11.4. The zero-order valence-electron chi connectivity index (χ0n) is 10.7. The van der Waals surface area contributed by atoms with Crippen molar-refractivity contribution in [3.05, 3.63) is 70.0 Å². The predicted octanol–water partition coefficient (Wildman–Crippen LogP) is 3.53. The number of aryl methyl sites for hydroxylation is 1. The first-order chi connectivity index (χ1) is 9.10. The van der Waals surface area contributed by atoms with Crippen LogP contribution in [0.2, 0.25) is 5.02 Å². The van der Waals surface area contributed by atoms with Gasteiger partial charge < -0.3 is 0 Å². The number of hydrazine groups is 1. The molecule has 2 aromatic rings. The number of halogens is 2. The summed E-state index contributed by atoms with van der Waals surface area (Å²) in [4.78, 5) is 0. The summed E-state index contributed by atoms with van der Waals surface area (Å²) in [5, 5.41) is 0.113. The number of benzene rings is 2. The van der Waals surface area contributed by atoms with Crippen molar-refractivity contribution in [1.82, 2.24) is 5.43 Å². The molecule has 1 unspecified atom stereocenters.